The number of nitrogens with one attached hydrogen (secondary N) is 2. The summed E-state index contributed by atoms with van der Waals surface area (Å²) in [4.78, 5) is 12.0. The van der Waals surface area contributed by atoms with Crippen molar-refractivity contribution in [3.63, 3.8) is 0 Å². The summed E-state index contributed by atoms with van der Waals surface area (Å²) in [5.41, 5.74) is 0.125. The van der Waals surface area contributed by atoms with Gasteiger partial charge in [-0.25, -0.2) is 8.42 Å². The summed E-state index contributed by atoms with van der Waals surface area (Å²) in [5, 5.41) is 15.3. The molecule has 3 N–H and O–H groups in total. The van der Waals surface area contributed by atoms with Crippen LogP contribution in [0.2, 0.25) is 0 Å². The second kappa shape index (κ2) is 5.18. The van der Waals surface area contributed by atoms with Crippen LogP contribution in [0.25, 0.3) is 0 Å². The summed E-state index contributed by atoms with van der Waals surface area (Å²) >= 11 is 0. The Morgan fingerprint density at radius 3 is 2.79 bits per heavy atom. The minimum absolute atomic E-state index is 0.0603. The summed E-state index contributed by atoms with van der Waals surface area (Å²) in [6.45, 7) is 1.38. The molecule has 0 bridgehead atoms. The standard InChI is InChI=1S/C12H16N2O4S/c1-19(17,18)9-2-3-11(15)10(6-9)14-12(16)8-4-5-13-7-8/h2-3,6,8,13,15H,4-5,7H2,1H3,(H,14,16). The molecule has 1 unspecified atom stereocenters. The molecular formula is C12H16N2O4S. The third-order valence-electron chi connectivity index (χ3n) is 3.09. The highest BCUT2D eigenvalue weighted by Gasteiger charge is 2.23. The van der Waals surface area contributed by atoms with E-state index in [9.17, 15) is 18.3 Å². The van der Waals surface area contributed by atoms with Gasteiger partial charge in [-0.2, -0.15) is 0 Å². The van der Waals surface area contributed by atoms with Crippen LogP contribution in [0.1, 0.15) is 6.42 Å². The predicted molar refractivity (Wildman–Crippen MR) is 70.8 cm³/mol. The van der Waals surface area contributed by atoms with Crippen LogP contribution in [0.4, 0.5) is 5.69 Å². The Balaban J connectivity index is 2.22. The molecule has 1 atom stereocenters. The lowest BCUT2D eigenvalue weighted by atomic mass is 10.1. The molecule has 0 spiro atoms. The van der Waals surface area contributed by atoms with E-state index in [0.717, 1.165) is 19.2 Å². The monoisotopic (exact) mass is 284 g/mol. The molecule has 2 rings (SSSR count). The molecular weight excluding hydrogens is 268 g/mol. The van der Waals surface area contributed by atoms with E-state index in [0.29, 0.717) is 6.54 Å². The van der Waals surface area contributed by atoms with Crippen molar-refractivity contribution in [3.05, 3.63) is 18.2 Å². The van der Waals surface area contributed by atoms with Crippen LogP contribution in [0.3, 0.4) is 0 Å². The maximum Gasteiger partial charge on any atom is 0.228 e. The van der Waals surface area contributed by atoms with Crippen molar-refractivity contribution < 1.29 is 18.3 Å². The molecule has 19 heavy (non-hydrogen) atoms. The highest BCUT2D eigenvalue weighted by atomic mass is 32.2. The minimum atomic E-state index is -3.37. The van der Waals surface area contributed by atoms with E-state index in [1.165, 1.54) is 18.2 Å². The van der Waals surface area contributed by atoms with Crippen molar-refractivity contribution in [2.75, 3.05) is 24.7 Å². The molecule has 0 aliphatic carbocycles. The van der Waals surface area contributed by atoms with E-state index < -0.39 is 9.84 Å². The van der Waals surface area contributed by atoms with Crippen LogP contribution >= 0.6 is 0 Å². The molecule has 0 saturated carbocycles. The van der Waals surface area contributed by atoms with E-state index in [1.54, 1.807) is 0 Å². The van der Waals surface area contributed by atoms with Crippen LogP contribution in [0.15, 0.2) is 23.1 Å². The van der Waals surface area contributed by atoms with E-state index in [1.807, 2.05) is 0 Å². The first-order valence-electron chi connectivity index (χ1n) is 5.92. The van der Waals surface area contributed by atoms with Gasteiger partial charge in [-0.3, -0.25) is 4.79 Å². The highest BCUT2D eigenvalue weighted by molar-refractivity contribution is 7.90. The van der Waals surface area contributed by atoms with Gasteiger partial charge in [0.2, 0.25) is 5.91 Å². The molecule has 1 aromatic carbocycles. The Morgan fingerprint density at radius 2 is 2.21 bits per heavy atom. The van der Waals surface area contributed by atoms with E-state index in [-0.39, 0.29) is 28.2 Å². The molecule has 104 valence electrons. The molecule has 1 aromatic rings. The van der Waals surface area contributed by atoms with Gasteiger partial charge in [-0.05, 0) is 31.2 Å². The number of hydrogen-bond donors (Lipinski definition) is 3. The van der Waals surface area contributed by atoms with Gasteiger partial charge in [-0.15, -0.1) is 0 Å². The fourth-order valence-electron chi connectivity index (χ4n) is 1.96. The van der Waals surface area contributed by atoms with Crippen molar-refractivity contribution in [1.82, 2.24) is 5.32 Å². The average molecular weight is 284 g/mol. The van der Waals surface area contributed by atoms with Crippen LogP contribution in [0.5, 0.6) is 5.75 Å². The number of carbonyl (C=O) groups is 1. The summed E-state index contributed by atoms with van der Waals surface area (Å²) in [5.74, 6) is -0.515. The lowest BCUT2D eigenvalue weighted by Crippen LogP contribution is -2.24. The Kier molecular flexibility index (Phi) is 3.77. The first-order valence-corrected chi connectivity index (χ1v) is 7.82. The van der Waals surface area contributed by atoms with Crippen LogP contribution in [-0.4, -0.2) is 38.8 Å². The normalized spacial score (nSPS) is 19.3. The minimum Gasteiger partial charge on any atom is -0.506 e. The maximum atomic E-state index is 11.9. The SMILES string of the molecule is CS(=O)(=O)c1ccc(O)c(NC(=O)C2CCNC2)c1. The fourth-order valence-corrected chi connectivity index (χ4v) is 2.61. The van der Waals surface area contributed by atoms with Gasteiger partial charge in [0, 0.05) is 12.8 Å². The van der Waals surface area contributed by atoms with Gasteiger partial charge in [0.15, 0.2) is 9.84 Å². The Hall–Kier alpha value is -1.60. The second-order valence-corrected chi connectivity index (χ2v) is 6.65. The van der Waals surface area contributed by atoms with E-state index >= 15 is 0 Å². The van der Waals surface area contributed by atoms with Gasteiger partial charge in [-0.1, -0.05) is 0 Å². The zero-order valence-electron chi connectivity index (χ0n) is 10.5. The quantitative estimate of drug-likeness (QED) is 0.696. The largest absolute Gasteiger partial charge is 0.506 e. The van der Waals surface area contributed by atoms with Crippen molar-refractivity contribution >= 4 is 21.4 Å². The van der Waals surface area contributed by atoms with Crippen molar-refractivity contribution in [1.29, 1.82) is 0 Å². The lowest BCUT2D eigenvalue weighted by molar-refractivity contribution is -0.119. The Bertz CT molecular complexity index is 592. The van der Waals surface area contributed by atoms with Crippen molar-refractivity contribution in [2.45, 2.75) is 11.3 Å². The van der Waals surface area contributed by atoms with Gasteiger partial charge in [0.25, 0.3) is 0 Å². The van der Waals surface area contributed by atoms with Crippen LogP contribution in [-0.2, 0) is 14.6 Å². The first kappa shape index (κ1) is 13.8. The molecule has 0 aromatic heterocycles. The first-order chi connectivity index (χ1) is 8.88. The number of rotatable bonds is 3. The predicted octanol–water partition coefficient (Wildman–Crippen LogP) is 0.344. The zero-order chi connectivity index (χ0) is 14.0. The lowest BCUT2D eigenvalue weighted by Gasteiger charge is -2.12. The van der Waals surface area contributed by atoms with Gasteiger partial charge in [0.1, 0.15) is 5.75 Å². The number of sulfone groups is 1. The van der Waals surface area contributed by atoms with E-state index in [2.05, 4.69) is 10.6 Å². The van der Waals surface area contributed by atoms with E-state index in [4.69, 9.17) is 0 Å². The molecule has 7 heteroatoms. The Morgan fingerprint density at radius 1 is 1.47 bits per heavy atom. The molecule has 0 radical (unpaired) electrons. The van der Waals surface area contributed by atoms with Crippen LogP contribution in [0, 0.1) is 5.92 Å². The van der Waals surface area contributed by atoms with Crippen LogP contribution < -0.4 is 10.6 Å². The molecule has 1 aliphatic heterocycles. The average Bonchev–Trinajstić information content (AvgIpc) is 2.84. The number of phenols is 1. The molecule has 1 heterocycles. The smallest absolute Gasteiger partial charge is 0.228 e. The molecule has 6 nitrogen and oxygen atoms in total. The molecule has 1 fully saturated rings. The van der Waals surface area contributed by atoms with Gasteiger partial charge < -0.3 is 15.7 Å². The summed E-state index contributed by atoms with van der Waals surface area (Å²) in [6.07, 6.45) is 1.81. The van der Waals surface area contributed by atoms with Gasteiger partial charge >= 0.3 is 0 Å². The number of phenolic OH excluding ortho intramolecular Hbond substituents is 1. The van der Waals surface area contributed by atoms with Crippen molar-refractivity contribution in [2.24, 2.45) is 5.92 Å². The van der Waals surface area contributed by atoms with Crippen molar-refractivity contribution in [3.8, 4) is 5.75 Å². The number of anilines is 1. The fraction of sp³-hybridized carbons (Fsp3) is 0.417. The zero-order valence-corrected chi connectivity index (χ0v) is 11.3. The topological polar surface area (TPSA) is 95.5 Å². The summed E-state index contributed by atoms with van der Waals surface area (Å²) in [6, 6.07) is 3.83. The number of amides is 1. The summed E-state index contributed by atoms with van der Waals surface area (Å²) < 4.78 is 22.9. The number of hydrogen-bond acceptors (Lipinski definition) is 5. The maximum absolute atomic E-state index is 11.9. The molecule has 1 aliphatic rings. The third kappa shape index (κ3) is 3.24. The number of benzene rings is 1. The number of aromatic hydroxyl groups is 1. The summed E-state index contributed by atoms with van der Waals surface area (Å²) in [7, 11) is -3.37. The van der Waals surface area contributed by atoms with Gasteiger partial charge in [0.05, 0.1) is 16.5 Å². The molecule has 1 saturated heterocycles. The Labute approximate surface area is 111 Å². The highest BCUT2D eigenvalue weighted by Crippen LogP contribution is 2.27. The number of carbonyl (C=O) groups excluding carboxylic acids is 1. The third-order valence-corrected chi connectivity index (χ3v) is 4.20. The molecule has 1 amide bonds. The second-order valence-electron chi connectivity index (χ2n) is 4.63.